The maximum atomic E-state index is 12.3. The van der Waals surface area contributed by atoms with E-state index in [0.29, 0.717) is 30.4 Å². The highest BCUT2D eigenvalue weighted by Crippen LogP contribution is 2.48. The van der Waals surface area contributed by atoms with Crippen LogP contribution in [0.15, 0.2) is 18.2 Å². The Labute approximate surface area is 106 Å². The van der Waals surface area contributed by atoms with Gasteiger partial charge in [0.2, 0.25) is 6.79 Å². The summed E-state index contributed by atoms with van der Waals surface area (Å²) in [5.41, 5.74) is 0.601. The highest BCUT2D eigenvalue weighted by atomic mass is 31.2. The van der Waals surface area contributed by atoms with Crippen molar-refractivity contribution < 1.29 is 23.1 Å². The van der Waals surface area contributed by atoms with Crippen LogP contribution in [0, 0.1) is 0 Å². The van der Waals surface area contributed by atoms with E-state index >= 15 is 0 Å². The molecule has 0 amide bonds. The van der Waals surface area contributed by atoms with Crippen molar-refractivity contribution in [3.8, 4) is 11.5 Å². The molecule has 1 aliphatic heterocycles. The Morgan fingerprint density at radius 3 is 2.56 bits per heavy atom. The van der Waals surface area contributed by atoms with Crippen LogP contribution in [0.3, 0.4) is 0 Å². The fraction of sp³-hybridized carbons (Fsp3) is 0.455. The van der Waals surface area contributed by atoms with Gasteiger partial charge in [-0.25, -0.2) is 4.57 Å². The Hall–Kier alpha value is -1.23. The minimum atomic E-state index is -3.31. The van der Waals surface area contributed by atoms with E-state index in [1.54, 1.807) is 32.0 Å². The van der Waals surface area contributed by atoms with Crippen LogP contribution in [0.1, 0.15) is 13.8 Å². The predicted molar refractivity (Wildman–Crippen MR) is 67.0 cm³/mol. The van der Waals surface area contributed by atoms with Gasteiger partial charge in [-0.3, -0.25) is 14.1 Å². The molecule has 0 saturated carbocycles. The highest BCUT2D eigenvalue weighted by Gasteiger charge is 2.24. The summed E-state index contributed by atoms with van der Waals surface area (Å²) in [4.78, 5) is 0. The first kappa shape index (κ1) is 13.2. The molecule has 0 atom stereocenters. The van der Waals surface area contributed by atoms with Crippen molar-refractivity contribution >= 4 is 13.4 Å². The van der Waals surface area contributed by atoms with Crippen molar-refractivity contribution in [2.24, 2.45) is 0 Å². The van der Waals surface area contributed by atoms with Crippen molar-refractivity contribution in [3.63, 3.8) is 0 Å². The van der Waals surface area contributed by atoms with Crippen molar-refractivity contribution in [3.05, 3.63) is 18.2 Å². The largest absolute Gasteiger partial charge is 0.454 e. The van der Waals surface area contributed by atoms with E-state index in [4.69, 9.17) is 18.5 Å². The van der Waals surface area contributed by atoms with E-state index in [1.165, 1.54) is 0 Å². The van der Waals surface area contributed by atoms with Gasteiger partial charge < -0.3 is 9.47 Å². The van der Waals surface area contributed by atoms with E-state index < -0.39 is 7.75 Å². The lowest BCUT2D eigenvalue weighted by atomic mass is 10.3. The number of rotatable bonds is 6. The van der Waals surface area contributed by atoms with Crippen LogP contribution in [0.2, 0.25) is 0 Å². The van der Waals surface area contributed by atoms with Gasteiger partial charge in [0.1, 0.15) is 0 Å². The molecule has 0 aromatic heterocycles. The van der Waals surface area contributed by atoms with Gasteiger partial charge in [0.15, 0.2) is 11.5 Å². The minimum absolute atomic E-state index is 0.202. The van der Waals surface area contributed by atoms with Gasteiger partial charge >= 0.3 is 7.75 Å². The van der Waals surface area contributed by atoms with Crippen molar-refractivity contribution in [2.45, 2.75) is 13.8 Å². The van der Waals surface area contributed by atoms with Crippen LogP contribution in [0.25, 0.3) is 0 Å². The summed E-state index contributed by atoms with van der Waals surface area (Å²) in [7, 11) is -3.31. The molecule has 6 nitrogen and oxygen atoms in total. The molecule has 0 fully saturated rings. The first-order chi connectivity index (χ1) is 8.67. The fourth-order valence-corrected chi connectivity index (χ4v) is 2.90. The lowest BCUT2D eigenvalue weighted by Crippen LogP contribution is -2.04. The minimum Gasteiger partial charge on any atom is -0.454 e. The van der Waals surface area contributed by atoms with Crippen LogP contribution in [-0.4, -0.2) is 20.0 Å². The molecule has 0 bridgehead atoms. The Bertz CT molecular complexity index is 455. The third-order valence-electron chi connectivity index (χ3n) is 2.24. The number of hydrogen-bond donors (Lipinski definition) is 1. The summed E-state index contributed by atoms with van der Waals surface area (Å²) in [6.07, 6.45) is 0. The normalized spacial score (nSPS) is 13.7. The number of hydrogen-bond acceptors (Lipinski definition) is 5. The molecule has 0 radical (unpaired) electrons. The number of fused-ring (bicyclic) bond motifs is 1. The Morgan fingerprint density at radius 2 is 1.89 bits per heavy atom. The van der Waals surface area contributed by atoms with E-state index in [-0.39, 0.29) is 6.79 Å². The smallest absolute Gasteiger partial charge is 0.432 e. The molecule has 0 spiro atoms. The topological polar surface area (TPSA) is 66.0 Å². The first-order valence-corrected chi connectivity index (χ1v) is 7.28. The molecule has 2 rings (SSSR count). The van der Waals surface area contributed by atoms with Gasteiger partial charge in [-0.1, -0.05) is 0 Å². The van der Waals surface area contributed by atoms with Crippen LogP contribution in [0.5, 0.6) is 11.5 Å². The summed E-state index contributed by atoms with van der Waals surface area (Å²) in [6.45, 7) is 4.32. The Kier molecular flexibility index (Phi) is 4.11. The predicted octanol–water partition coefficient (Wildman–Crippen LogP) is 3.01. The van der Waals surface area contributed by atoms with E-state index in [1.807, 2.05) is 0 Å². The van der Waals surface area contributed by atoms with Crippen LogP contribution >= 0.6 is 7.75 Å². The van der Waals surface area contributed by atoms with Gasteiger partial charge in [-0.05, 0) is 26.0 Å². The molecule has 0 saturated heterocycles. The molecule has 7 heteroatoms. The van der Waals surface area contributed by atoms with Crippen molar-refractivity contribution in [1.82, 2.24) is 0 Å². The molecule has 1 heterocycles. The fourth-order valence-electron chi connectivity index (χ4n) is 1.57. The molecule has 0 aliphatic carbocycles. The molecule has 1 aromatic carbocycles. The van der Waals surface area contributed by atoms with Crippen LogP contribution < -0.4 is 14.6 Å². The number of anilines is 1. The van der Waals surface area contributed by atoms with E-state index in [0.717, 1.165) is 0 Å². The molecule has 1 aliphatic rings. The van der Waals surface area contributed by atoms with Gasteiger partial charge in [-0.15, -0.1) is 0 Å². The summed E-state index contributed by atoms with van der Waals surface area (Å²) in [5.74, 6) is 1.28. The number of benzene rings is 1. The molecular formula is C11H16NO5P. The maximum absolute atomic E-state index is 12.3. The molecule has 1 aromatic rings. The second-order valence-electron chi connectivity index (χ2n) is 3.51. The quantitative estimate of drug-likeness (QED) is 0.804. The van der Waals surface area contributed by atoms with Crippen LogP contribution in [-0.2, 0) is 13.6 Å². The van der Waals surface area contributed by atoms with Gasteiger partial charge in [0, 0.05) is 11.8 Å². The standard InChI is InChI=1S/C11H16NO5P/c1-3-16-18(13,17-4-2)12-9-5-6-10-11(7-9)15-8-14-10/h5-7H,3-4,8H2,1-2H3,(H,12,13). The van der Waals surface area contributed by atoms with Gasteiger partial charge in [0.25, 0.3) is 0 Å². The van der Waals surface area contributed by atoms with Crippen molar-refractivity contribution in [2.75, 3.05) is 25.1 Å². The van der Waals surface area contributed by atoms with Gasteiger partial charge in [0.05, 0.1) is 13.2 Å². The Morgan fingerprint density at radius 1 is 1.22 bits per heavy atom. The summed E-state index contributed by atoms with van der Waals surface area (Å²) in [6, 6.07) is 5.18. The highest BCUT2D eigenvalue weighted by molar-refractivity contribution is 7.55. The zero-order valence-electron chi connectivity index (χ0n) is 10.3. The number of ether oxygens (including phenoxy) is 2. The molecule has 100 valence electrons. The molecular weight excluding hydrogens is 257 g/mol. The van der Waals surface area contributed by atoms with Gasteiger partial charge in [-0.2, -0.15) is 0 Å². The number of nitrogens with one attached hydrogen (secondary N) is 1. The molecule has 0 unspecified atom stereocenters. The van der Waals surface area contributed by atoms with E-state index in [9.17, 15) is 4.57 Å². The maximum Gasteiger partial charge on any atom is 0.432 e. The summed E-state index contributed by atoms with van der Waals surface area (Å²) >= 11 is 0. The Balaban J connectivity index is 2.14. The zero-order chi connectivity index (χ0) is 13.0. The van der Waals surface area contributed by atoms with Crippen molar-refractivity contribution in [1.29, 1.82) is 0 Å². The lowest BCUT2D eigenvalue weighted by molar-refractivity contribution is 0.174. The summed E-state index contributed by atoms with van der Waals surface area (Å²) in [5, 5.41) is 2.76. The molecule has 18 heavy (non-hydrogen) atoms. The average molecular weight is 273 g/mol. The summed E-state index contributed by atoms with van der Waals surface area (Å²) < 4.78 is 33.0. The third-order valence-corrected chi connectivity index (χ3v) is 3.97. The monoisotopic (exact) mass is 273 g/mol. The zero-order valence-corrected chi connectivity index (χ0v) is 11.2. The second kappa shape index (κ2) is 5.61. The van der Waals surface area contributed by atoms with E-state index in [2.05, 4.69) is 5.09 Å². The lowest BCUT2D eigenvalue weighted by Gasteiger charge is -2.18. The molecule has 1 N–H and O–H groups in total. The second-order valence-corrected chi connectivity index (χ2v) is 5.25. The SMILES string of the molecule is CCOP(=O)(Nc1ccc2c(c1)OCO2)OCC. The first-order valence-electron chi connectivity index (χ1n) is 5.74. The third kappa shape index (κ3) is 2.96. The van der Waals surface area contributed by atoms with Crippen LogP contribution in [0.4, 0.5) is 5.69 Å². The average Bonchev–Trinajstić information content (AvgIpc) is 2.76.